The van der Waals surface area contributed by atoms with Gasteiger partial charge in [-0.1, -0.05) is 0 Å². The first-order valence-electron chi connectivity index (χ1n) is 10.1. The summed E-state index contributed by atoms with van der Waals surface area (Å²) in [6.45, 7) is 1.49. The number of amides is 1. The van der Waals surface area contributed by atoms with Crippen LogP contribution in [0.15, 0.2) is 29.1 Å². The molecule has 2 heterocycles. The van der Waals surface area contributed by atoms with Gasteiger partial charge in [-0.2, -0.15) is 4.98 Å². The molecule has 0 fully saturated rings. The molecular formula is C20H27CaN7O6. The van der Waals surface area contributed by atoms with Gasteiger partial charge in [0.05, 0.1) is 6.67 Å². The van der Waals surface area contributed by atoms with Crippen LogP contribution in [0.25, 0.3) is 0 Å². The molecule has 0 spiro atoms. The third-order valence-electron chi connectivity index (χ3n) is 5.15. The van der Waals surface area contributed by atoms with E-state index >= 15 is 0 Å². The Hall–Kier alpha value is -3.03. The Balaban J connectivity index is 0.00000408. The quantitative estimate of drug-likeness (QED) is 0.228. The minimum atomic E-state index is -1.31. The van der Waals surface area contributed by atoms with E-state index in [-0.39, 0.29) is 68.8 Å². The molecule has 0 unspecified atom stereocenters. The Bertz CT molecular complexity index is 1120. The van der Waals surface area contributed by atoms with Crippen LogP contribution in [0, 0.1) is 0 Å². The molecule has 0 aliphatic carbocycles. The number of nitrogen functional groups attached to an aromatic ring is 1. The summed E-state index contributed by atoms with van der Waals surface area (Å²) in [6.07, 6.45) is -0.601. The normalized spacial score (nSPS) is 13.0. The van der Waals surface area contributed by atoms with Crippen molar-refractivity contribution < 1.29 is 24.6 Å². The van der Waals surface area contributed by atoms with Crippen LogP contribution < -0.4 is 32.1 Å². The zero-order chi connectivity index (χ0) is 24.1. The molecule has 1 aliphatic rings. The van der Waals surface area contributed by atoms with Gasteiger partial charge in [-0.3, -0.25) is 19.0 Å². The Labute approximate surface area is 224 Å². The molecule has 0 radical (unpaired) electrons. The van der Waals surface area contributed by atoms with Crippen molar-refractivity contribution in [2.45, 2.75) is 25.6 Å². The van der Waals surface area contributed by atoms with Gasteiger partial charge in [0.25, 0.3) is 11.5 Å². The summed E-state index contributed by atoms with van der Waals surface area (Å²) < 4.78 is 1.63. The van der Waals surface area contributed by atoms with E-state index in [1.54, 1.807) is 23.7 Å². The molecule has 180 valence electrons. The number of nitrogens with zero attached hydrogens (tertiary/aromatic N) is 3. The van der Waals surface area contributed by atoms with Gasteiger partial charge in [-0.25, -0.2) is 4.79 Å². The molecule has 0 saturated carbocycles. The Kier molecular flexibility index (Phi) is 9.53. The van der Waals surface area contributed by atoms with Crippen molar-refractivity contribution in [1.29, 1.82) is 0 Å². The molecule has 34 heavy (non-hydrogen) atoms. The minimum absolute atomic E-state index is 0. The van der Waals surface area contributed by atoms with Gasteiger partial charge in [0, 0.05) is 37.8 Å². The molecule has 1 aromatic heterocycles. The number of hydrogen-bond donors (Lipinski definition) is 6. The van der Waals surface area contributed by atoms with Crippen molar-refractivity contribution in [2.24, 2.45) is 0 Å². The number of aromatic nitrogens is 2. The summed E-state index contributed by atoms with van der Waals surface area (Å²) in [5, 5.41) is 26.5. The second-order valence-electron chi connectivity index (χ2n) is 7.46. The van der Waals surface area contributed by atoms with E-state index in [9.17, 15) is 24.3 Å². The van der Waals surface area contributed by atoms with Crippen molar-refractivity contribution in [3.63, 3.8) is 0 Å². The number of carboxylic acid groups (broad SMARTS) is 2. The molecular weight excluding hydrogens is 474 g/mol. The SMILES string of the molecule is CN1CCNc2c1c(=O)nc(N)n2CNc1ccc(C(=O)N[C@@H](CCC(=O)O)C(=O)O)cc1.[CaH2]. The number of fused-ring (bicyclic) bond motifs is 1. The van der Waals surface area contributed by atoms with Gasteiger partial charge >= 0.3 is 49.7 Å². The molecule has 1 amide bonds. The van der Waals surface area contributed by atoms with Crippen molar-refractivity contribution in [3.8, 4) is 0 Å². The van der Waals surface area contributed by atoms with Crippen LogP contribution in [-0.2, 0) is 16.3 Å². The van der Waals surface area contributed by atoms with Crippen LogP contribution in [0.2, 0.25) is 0 Å². The van der Waals surface area contributed by atoms with E-state index in [2.05, 4.69) is 20.9 Å². The van der Waals surface area contributed by atoms with Crippen LogP contribution >= 0.6 is 0 Å². The molecule has 2 aromatic rings. The average Bonchev–Trinajstić information content (AvgIpc) is 2.76. The van der Waals surface area contributed by atoms with E-state index in [1.165, 1.54) is 12.1 Å². The third-order valence-corrected chi connectivity index (χ3v) is 5.15. The third kappa shape index (κ3) is 6.52. The summed E-state index contributed by atoms with van der Waals surface area (Å²) in [4.78, 5) is 52.2. The number of likely N-dealkylation sites (N-methyl/N-ethyl adjacent to an activating group) is 1. The Morgan fingerprint density at radius 1 is 1.24 bits per heavy atom. The van der Waals surface area contributed by atoms with E-state index in [4.69, 9.17) is 10.8 Å². The van der Waals surface area contributed by atoms with Crippen molar-refractivity contribution in [2.75, 3.05) is 41.4 Å². The van der Waals surface area contributed by atoms with Crippen molar-refractivity contribution >= 4 is 78.7 Å². The number of nitrogens with one attached hydrogen (secondary N) is 3. The molecule has 1 aliphatic heterocycles. The number of nitrogens with two attached hydrogens (primary N) is 1. The molecule has 1 atom stereocenters. The number of carboxylic acids is 2. The number of benzene rings is 1. The predicted molar refractivity (Wildman–Crippen MR) is 129 cm³/mol. The predicted octanol–water partition coefficient (Wildman–Crippen LogP) is -1.11. The van der Waals surface area contributed by atoms with E-state index in [0.29, 0.717) is 30.3 Å². The first-order chi connectivity index (χ1) is 15.7. The second kappa shape index (κ2) is 11.9. The van der Waals surface area contributed by atoms with Gasteiger partial charge in [0.15, 0.2) is 0 Å². The average molecular weight is 502 g/mol. The molecule has 14 heteroatoms. The standard InChI is InChI=1S/C20H25N7O6.Ca.2H/c1-26-9-8-22-16-15(26)18(31)25-20(21)27(16)10-23-12-4-2-11(3-5-12)17(30)24-13(19(32)33)6-7-14(28)29;;;/h2-5,13,22-23H,6-10H2,1H3,(H,24,30)(H,28,29)(H,32,33)(H2,21,25,31);;;/t13-;;;/m0.../s1. The van der Waals surface area contributed by atoms with Gasteiger partial charge in [-0.05, 0) is 30.7 Å². The maximum atomic E-state index is 12.3. The summed E-state index contributed by atoms with van der Waals surface area (Å²) in [6, 6.07) is 4.95. The van der Waals surface area contributed by atoms with Gasteiger partial charge < -0.3 is 36.8 Å². The molecule has 0 saturated heterocycles. The number of hydrogen-bond acceptors (Lipinski definition) is 9. The topological polar surface area (TPSA) is 192 Å². The molecule has 0 bridgehead atoms. The fraction of sp³-hybridized carbons (Fsp3) is 0.350. The Morgan fingerprint density at radius 2 is 1.91 bits per heavy atom. The van der Waals surface area contributed by atoms with Crippen LogP contribution in [0.4, 0.5) is 23.1 Å². The summed E-state index contributed by atoms with van der Waals surface area (Å²) in [7, 11) is 1.80. The molecule has 7 N–H and O–H groups in total. The van der Waals surface area contributed by atoms with Gasteiger partial charge in [0.1, 0.15) is 17.5 Å². The van der Waals surface area contributed by atoms with Gasteiger partial charge in [0.2, 0.25) is 5.95 Å². The van der Waals surface area contributed by atoms with Crippen molar-refractivity contribution in [1.82, 2.24) is 14.9 Å². The first kappa shape index (κ1) is 27.2. The summed E-state index contributed by atoms with van der Waals surface area (Å²) in [5.41, 5.74) is 6.83. The zero-order valence-electron chi connectivity index (χ0n) is 17.9. The van der Waals surface area contributed by atoms with Crippen LogP contribution in [0.3, 0.4) is 0 Å². The number of carbonyl (C=O) groups excluding carboxylic acids is 1. The van der Waals surface area contributed by atoms with Crippen LogP contribution in [0.5, 0.6) is 0 Å². The first-order valence-corrected chi connectivity index (χ1v) is 10.1. The number of rotatable bonds is 9. The zero-order valence-corrected chi connectivity index (χ0v) is 17.9. The van der Waals surface area contributed by atoms with Crippen LogP contribution in [0.1, 0.15) is 23.2 Å². The number of carbonyl (C=O) groups is 3. The van der Waals surface area contributed by atoms with Crippen molar-refractivity contribution in [3.05, 3.63) is 40.2 Å². The van der Waals surface area contributed by atoms with E-state index in [0.717, 1.165) is 0 Å². The van der Waals surface area contributed by atoms with E-state index in [1.807, 2.05) is 4.90 Å². The maximum absolute atomic E-state index is 12.3. The molecule has 3 rings (SSSR count). The second-order valence-corrected chi connectivity index (χ2v) is 7.46. The summed E-state index contributed by atoms with van der Waals surface area (Å²) >= 11 is 0. The summed E-state index contributed by atoms with van der Waals surface area (Å²) in [5.74, 6) is -2.48. The fourth-order valence-corrected chi connectivity index (χ4v) is 3.37. The number of aliphatic carboxylic acids is 2. The monoisotopic (exact) mass is 501 g/mol. The van der Waals surface area contributed by atoms with E-state index < -0.39 is 29.4 Å². The number of anilines is 4. The molecule has 1 aromatic carbocycles. The Morgan fingerprint density at radius 3 is 2.53 bits per heavy atom. The molecule has 13 nitrogen and oxygen atoms in total. The van der Waals surface area contributed by atoms with Crippen LogP contribution in [-0.4, -0.2) is 102 Å². The fourth-order valence-electron chi connectivity index (χ4n) is 3.37. The van der Waals surface area contributed by atoms with Gasteiger partial charge in [-0.15, -0.1) is 0 Å².